The molecule has 0 saturated carbocycles. The van der Waals surface area contributed by atoms with Gasteiger partial charge in [0, 0.05) is 6.20 Å². The van der Waals surface area contributed by atoms with Gasteiger partial charge >= 0.3 is 5.97 Å². The maximum Gasteiger partial charge on any atom is 0.358 e. The van der Waals surface area contributed by atoms with E-state index in [1.165, 1.54) is 13.3 Å². The molecule has 0 spiro atoms. The number of para-hydroxylation sites is 1. The van der Waals surface area contributed by atoms with Crippen LogP contribution in [0.15, 0.2) is 30.5 Å². The molecule has 1 heterocycles. The zero-order valence-electron chi connectivity index (χ0n) is 11.8. The third kappa shape index (κ3) is 3.93. The molecule has 2 aromatic rings. The number of hydrogen-bond donors (Lipinski definition) is 0. The quantitative estimate of drug-likeness (QED) is 0.582. The number of methoxy groups -OCH3 is 1. The molecular formula is C15H10Cl3NO4. The average molecular weight is 375 g/mol. The van der Waals surface area contributed by atoms with E-state index in [0.29, 0.717) is 11.3 Å². The third-order valence-corrected chi connectivity index (χ3v) is 4.09. The number of aromatic nitrogens is 1. The second-order valence-electron chi connectivity index (χ2n) is 4.28. The number of carbonyl (C=O) groups is 2. The van der Waals surface area contributed by atoms with E-state index in [4.69, 9.17) is 44.3 Å². The summed E-state index contributed by atoms with van der Waals surface area (Å²) in [4.78, 5) is 27.8. The summed E-state index contributed by atoms with van der Waals surface area (Å²) in [5.41, 5.74) is 0.0879. The van der Waals surface area contributed by atoms with Crippen molar-refractivity contribution >= 4 is 46.6 Å². The van der Waals surface area contributed by atoms with Gasteiger partial charge in [-0.3, -0.25) is 4.79 Å². The minimum atomic E-state index is -0.878. The molecule has 0 bridgehead atoms. The molecule has 0 atom stereocenters. The van der Waals surface area contributed by atoms with Gasteiger partial charge in [-0.05, 0) is 12.1 Å². The summed E-state index contributed by atoms with van der Waals surface area (Å²) in [6.07, 6.45) is 1.18. The second-order valence-corrected chi connectivity index (χ2v) is 5.45. The lowest BCUT2D eigenvalue weighted by atomic mass is 10.1. The van der Waals surface area contributed by atoms with E-state index in [2.05, 4.69) is 4.98 Å². The first-order valence-corrected chi connectivity index (χ1v) is 7.42. The molecule has 8 heteroatoms. The van der Waals surface area contributed by atoms with Crippen molar-refractivity contribution in [1.82, 2.24) is 4.98 Å². The molecule has 0 N–H and O–H groups in total. The van der Waals surface area contributed by atoms with Crippen molar-refractivity contribution in [2.45, 2.75) is 0 Å². The topological polar surface area (TPSA) is 65.5 Å². The van der Waals surface area contributed by atoms with Crippen LogP contribution >= 0.6 is 34.8 Å². The summed E-state index contributed by atoms with van der Waals surface area (Å²) in [6.45, 7) is -0.489. The van der Waals surface area contributed by atoms with Crippen LogP contribution in [0.25, 0.3) is 0 Å². The Morgan fingerprint density at radius 2 is 1.83 bits per heavy atom. The lowest BCUT2D eigenvalue weighted by Gasteiger charge is -2.09. The highest BCUT2D eigenvalue weighted by Crippen LogP contribution is 2.31. The average Bonchev–Trinajstić information content (AvgIpc) is 2.57. The van der Waals surface area contributed by atoms with Gasteiger partial charge in [0.1, 0.15) is 5.75 Å². The largest absolute Gasteiger partial charge is 0.496 e. The standard InChI is InChI=1S/C15H10Cl3NO4/c1-22-11-5-3-2-4-8(11)10(20)7-23-15(21)14-13(18)12(17)9(16)6-19-14/h2-6H,7H2,1H3. The molecule has 0 fully saturated rings. The minimum absolute atomic E-state index is 0.00802. The van der Waals surface area contributed by atoms with Gasteiger partial charge in [0.25, 0.3) is 0 Å². The summed E-state index contributed by atoms with van der Waals surface area (Å²) in [7, 11) is 1.44. The van der Waals surface area contributed by atoms with Crippen LogP contribution in [0, 0.1) is 0 Å². The molecule has 120 valence electrons. The lowest BCUT2D eigenvalue weighted by molar-refractivity contribution is 0.0468. The molecule has 0 aliphatic heterocycles. The van der Waals surface area contributed by atoms with Crippen LogP contribution in [0.3, 0.4) is 0 Å². The number of esters is 1. The molecule has 5 nitrogen and oxygen atoms in total. The summed E-state index contributed by atoms with van der Waals surface area (Å²) in [6, 6.07) is 6.60. The summed E-state index contributed by atoms with van der Waals surface area (Å²) in [5, 5.41) is -0.0291. The van der Waals surface area contributed by atoms with E-state index in [-0.39, 0.29) is 20.8 Å². The fourth-order valence-electron chi connectivity index (χ4n) is 1.74. The number of Topliss-reactive ketones (excluding diaryl/α,β-unsaturated/α-hetero) is 1. The Hall–Kier alpha value is -1.82. The van der Waals surface area contributed by atoms with E-state index >= 15 is 0 Å². The monoisotopic (exact) mass is 373 g/mol. The van der Waals surface area contributed by atoms with Gasteiger partial charge in [-0.2, -0.15) is 0 Å². The van der Waals surface area contributed by atoms with Crippen molar-refractivity contribution in [2.75, 3.05) is 13.7 Å². The van der Waals surface area contributed by atoms with E-state index < -0.39 is 18.4 Å². The van der Waals surface area contributed by atoms with E-state index in [9.17, 15) is 9.59 Å². The van der Waals surface area contributed by atoms with Gasteiger partial charge < -0.3 is 9.47 Å². The smallest absolute Gasteiger partial charge is 0.358 e. The molecule has 2 rings (SSSR count). The van der Waals surface area contributed by atoms with Crippen molar-refractivity contribution in [3.63, 3.8) is 0 Å². The number of rotatable bonds is 5. The summed E-state index contributed by atoms with van der Waals surface area (Å²) < 4.78 is 10.0. The highest BCUT2D eigenvalue weighted by atomic mass is 35.5. The third-order valence-electron chi connectivity index (χ3n) is 2.85. The second kappa shape index (κ2) is 7.64. The maximum atomic E-state index is 12.1. The number of benzene rings is 1. The van der Waals surface area contributed by atoms with Crippen molar-refractivity contribution in [3.05, 3.63) is 56.8 Å². The fraction of sp³-hybridized carbons (Fsp3) is 0.133. The van der Waals surface area contributed by atoms with Crippen molar-refractivity contribution < 1.29 is 19.1 Å². The first-order chi connectivity index (χ1) is 11.0. The van der Waals surface area contributed by atoms with Crippen molar-refractivity contribution in [1.29, 1.82) is 0 Å². The van der Waals surface area contributed by atoms with Gasteiger partial charge in [-0.25, -0.2) is 9.78 Å². The maximum absolute atomic E-state index is 12.1. The van der Waals surface area contributed by atoms with Crippen LogP contribution in [0.4, 0.5) is 0 Å². The van der Waals surface area contributed by atoms with Crippen molar-refractivity contribution in [3.8, 4) is 5.75 Å². The zero-order valence-corrected chi connectivity index (χ0v) is 14.1. The lowest BCUT2D eigenvalue weighted by Crippen LogP contribution is -2.16. The molecule has 23 heavy (non-hydrogen) atoms. The van der Waals surface area contributed by atoms with Crippen molar-refractivity contribution in [2.24, 2.45) is 0 Å². The Bertz CT molecular complexity index is 764. The van der Waals surface area contributed by atoms with E-state index in [1.807, 2.05) is 0 Å². The van der Waals surface area contributed by atoms with Crippen LogP contribution < -0.4 is 4.74 Å². The predicted molar refractivity (Wildman–Crippen MR) is 86.9 cm³/mol. The molecule has 0 aliphatic carbocycles. The molecule has 0 saturated heterocycles. The summed E-state index contributed by atoms with van der Waals surface area (Å²) in [5.74, 6) is -0.914. The Morgan fingerprint density at radius 3 is 2.52 bits per heavy atom. The first-order valence-electron chi connectivity index (χ1n) is 6.28. The molecule has 0 unspecified atom stereocenters. The number of hydrogen-bond acceptors (Lipinski definition) is 5. The van der Waals surface area contributed by atoms with E-state index in [1.54, 1.807) is 24.3 Å². The van der Waals surface area contributed by atoms with Crippen LogP contribution in [-0.4, -0.2) is 30.5 Å². The Labute approximate surface area is 147 Å². The molecule has 0 aliphatic rings. The molecule has 1 aromatic heterocycles. The van der Waals surface area contributed by atoms with Crippen LogP contribution in [0.5, 0.6) is 5.75 Å². The van der Waals surface area contributed by atoms with Gasteiger partial charge in [0.05, 0.1) is 27.7 Å². The number of halogens is 3. The normalized spacial score (nSPS) is 10.3. The highest BCUT2D eigenvalue weighted by Gasteiger charge is 2.20. The van der Waals surface area contributed by atoms with Gasteiger partial charge in [0.2, 0.25) is 5.78 Å². The van der Waals surface area contributed by atoms with Gasteiger partial charge in [-0.1, -0.05) is 46.9 Å². The number of carbonyl (C=O) groups excluding carboxylic acids is 2. The van der Waals surface area contributed by atoms with Crippen LogP contribution in [0.2, 0.25) is 15.1 Å². The summed E-state index contributed by atoms with van der Waals surface area (Å²) >= 11 is 17.5. The van der Waals surface area contributed by atoms with E-state index in [0.717, 1.165) is 0 Å². The van der Waals surface area contributed by atoms with Gasteiger partial charge in [-0.15, -0.1) is 0 Å². The number of ether oxygens (including phenoxy) is 2. The zero-order chi connectivity index (χ0) is 17.0. The van der Waals surface area contributed by atoms with Gasteiger partial charge in [0.15, 0.2) is 12.3 Å². The highest BCUT2D eigenvalue weighted by molar-refractivity contribution is 6.48. The number of pyridine rings is 1. The molecular weight excluding hydrogens is 365 g/mol. The SMILES string of the molecule is COc1ccccc1C(=O)COC(=O)c1ncc(Cl)c(Cl)c1Cl. The Kier molecular flexibility index (Phi) is 5.82. The fourth-order valence-corrected chi connectivity index (χ4v) is 2.30. The predicted octanol–water partition coefficient (Wildman–Crippen LogP) is 4.09. The Balaban J connectivity index is 2.10. The first kappa shape index (κ1) is 17.5. The molecule has 0 radical (unpaired) electrons. The number of ketones is 1. The number of nitrogens with zero attached hydrogens (tertiary/aromatic N) is 1. The minimum Gasteiger partial charge on any atom is -0.496 e. The van der Waals surface area contributed by atoms with Crippen LogP contribution in [0.1, 0.15) is 20.8 Å². The van der Waals surface area contributed by atoms with Crippen LogP contribution in [-0.2, 0) is 4.74 Å². The Morgan fingerprint density at radius 1 is 1.13 bits per heavy atom. The molecule has 1 aromatic carbocycles. The molecule has 0 amide bonds.